The van der Waals surface area contributed by atoms with Gasteiger partial charge in [-0.05, 0) is 17.7 Å². The summed E-state index contributed by atoms with van der Waals surface area (Å²) in [5, 5.41) is 0. The minimum atomic E-state index is -0.0409. The second kappa shape index (κ2) is 3.16. The van der Waals surface area contributed by atoms with Crippen molar-refractivity contribution in [3.8, 4) is 0 Å². The lowest BCUT2D eigenvalue weighted by Crippen LogP contribution is -2.05. The number of hydrogen-bond donors (Lipinski definition) is 0. The highest BCUT2D eigenvalue weighted by Crippen LogP contribution is 2.42. The van der Waals surface area contributed by atoms with Gasteiger partial charge in [0.1, 0.15) is 0 Å². The highest BCUT2D eigenvalue weighted by Gasteiger charge is 2.50. The molecule has 66 valence electrons. The van der Waals surface area contributed by atoms with Crippen molar-refractivity contribution in [2.24, 2.45) is 0 Å². The van der Waals surface area contributed by atoms with Crippen LogP contribution in [0.25, 0.3) is 4.85 Å². The summed E-state index contributed by atoms with van der Waals surface area (Å²) in [6.45, 7) is 7.08. The number of benzene rings is 1. The van der Waals surface area contributed by atoms with Crippen molar-refractivity contribution < 1.29 is 0 Å². The number of nitrogens with zero attached hydrogens (tertiary/aromatic N) is 1. The first-order valence-electron chi connectivity index (χ1n) is 4.37. The van der Waals surface area contributed by atoms with Crippen molar-refractivity contribution in [1.29, 1.82) is 0 Å². The summed E-state index contributed by atoms with van der Waals surface area (Å²) in [6.07, 6.45) is 3.06. The molecule has 1 aromatic carbocycles. The van der Waals surface area contributed by atoms with E-state index in [2.05, 4.69) is 32.9 Å². The molecule has 1 fully saturated rings. The van der Waals surface area contributed by atoms with Gasteiger partial charge in [-0.3, -0.25) is 0 Å². The SMILES string of the molecule is [C-]#[N+]C1(Cc2cccc(Br)c2)CC1. The molecule has 0 heterocycles. The highest BCUT2D eigenvalue weighted by molar-refractivity contribution is 9.10. The summed E-state index contributed by atoms with van der Waals surface area (Å²) in [5.74, 6) is 0. The van der Waals surface area contributed by atoms with E-state index in [0.717, 1.165) is 23.7 Å². The van der Waals surface area contributed by atoms with Crippen molar-refractivity contribution >= 4 is 15.9 Å². The lowest BCUT2D eigenvalue weighted by Gasteiger charge is -2.02. The fourth-order valence-electron chi connectivity index (χ4n) is 1.50. The van der Waals surface area contributed by atoms with E-state index < -0.39 is 0 Å². The van der Waals surface area contributed by atoms with Gasteiger partial charge < -0.3 is 4.85 Å². The summed E-state index contributed by atoms with van der Waals surface area (Å²) in [7, 11) is 0. The summed E-state index contributed by atoms with van der Waals surface area (Å²) < 4.78 is 1.10. The fraction of sp³-hybridized carbons (Fsp3) is 0.364. The third-order valence-electron chi connectivity index (χ3n) is 2.49. The normalized spacial score (nSPS) is 17.8. The lowest BCUT2D eigenvalue weighted by molar-refractivity contribution is 0.781. The Hall–Kier alpha value is -0.810. The van der Waals surface area contributed by atoms with Gasteiger partial charge in [-0.2, -0.15) is 0 Å². The van der Waals surface area contributed by atoms with E-state index in [1.165, 1.54) is 5.56 Å². The van der Waals surface area contributed by atoms with E-state index in [-0.39, 0.29) is 5.54 Å². The molecule has 2 heteroatoms. The van der Waals surface area contributed by atoms with Crippen molar-refractivity contribution in [2.75, 3.05) is 0 Å². The quantitative estimate of drug-likeness (QED) is 0.693. The lowest BCUT2D eigenvalue weighted by atomic mass is 10.1. The molecule has 1 aromatic rings. The first-order valence-corrected chi connectivity index (χ1v) is 5.16. The van der Waals surface area contributed by atoms with E-state index in [1.54, 1.807) is 0 Å². The van der Waals surface area contributed by atoms with E-state index >= 15 is 0 Å². The maximum absolute atomic E-state index is 7.08. The molecule has 1 nitrogen and oxygen atoms in total. The molecule has 1 aliphatic carbocycles. The molecule has 0 aromatic heterocycles. The molecule has 1 aliphatic rings. The molecular weight excluding hydrogens is 226 g/mol. The summed E-state index contributed by atoms with van der Waals surface area (Å²) in [5.41, 5.74) is 1.23. The molecule has 0 radical (unpaired) electrons. The molecule has 0 N–H and O–H groups in total. The summed E-state index contributed by atoms with van der Waals surface area (Å²) in [6, 6.07) is 8.24. The Morgan fingerprint density at radius 2 is 2.23 bits per heavy atom. The van der Waals surface area contributed by atoms with Gasteiger partial charge in [0.15, 0.2) is 0 Å². The molecule has 13 heavy (non-hydrogen) atoms. The van der Waals surface area contributed by atoms with Crippen molar-refractivity contribution in [3.63, 3.8) is 0 Å². The van der Waals surface area contributed by atoms with Gasteiger partial charge in [-0.15, -0.1) is 0 Å². The average Bonchev–Trinajstić information content (AvgIpc) is 2.86. The Morgan fingerprint density at radius 3 is 2.77 bits per heavy atom. The van der Waals surface area contributed by atoms with Crippen LogP contribution in [0.5, 0.6) is 0 Å². The molecule has 0 saturated heterocycles. The maximum atomic E-state index is 7.08. The van der Waals surface area contributed by atoms with E-state index in [4.69, 9.17) is 6.57 Å². The minimum Gasteiger partial charge on any atom is -0.310 e. The molecule has 0 aliphatic heterocycles. The number of halogens is 1. The van der Waals surface area contributed by atoms with E-state index in [1.807, 2.05) is 12.1 Å². The van der Waals surface area contributed by atoms with Crippen molar-refractivity contribution in [1.82, 2.24) is 0 Å². The molecule has 0 amide bonds. The Labute approximate surface area is 86.7 Å². The van der Waals surface area contributed by atoms with Crippen molar-refractivity contribution in [3.05, 3.63) is 45.7 Å². The maximum Gasteiger partial charge on any atom is 0.237 e. The van der Waals surface area contributed by atoms with Crippen LogP contribution in [0.1, 0.15) is 18.4 Å². The smallest absolute Gasteiger partial charge is 0.237 e. The Bertz CT molecular complexity index is 361. The zero-order valence-electron chi connectivity index (χ0n) is 7.26. The molecule has 0 atom stereocenters. The molecular formula is C11H10BrN. The molecule has 2 rings (SSSR count). The van der Waals surface area contributed by atoms with Crippen LogP contribution >= 0.6 is 15.9 Å². The van der Waals surface area contributed by atoms with Crippen LogP contribution in [-0.2, 0) is 6.42 Å². The van der Waals surface area contributed by atoms with Gasteiger partial charge in [-0.1, -0.05) is 28.1 Å². The summed E-state index contributed by atoms with van der Waals surface area (Å²) in [4.78, 5) is 3.69. The predicted octanol–water partition coefficient (Wildman–Crippen LogP) is 3.44. The third-order valence-corrected chi connectivity index (χ3v) is 2.98. The second-order valence-electron chi connectivity index (χ2n) is 3.64. The number of rotatable bonds is 2. The Kier molecular flexibility index (Phi) is 2.13. The summed E-state index contributed by atoms with van der Waals surface area (Å²) >= 11 is 3.43. The van der Waals surface area contributed by atoms with Crippen LogP contribution < -0.4 is 0 Å². The van der Waals surface area contributed by atoms with Crippen LogP contribution in [0, 0.1) is 6.57 Å². The zero-order valence-corrected chi connectivity index (χ0v) is 8.84. The third kappa shape index (κ3) is 1.92. The number of hydrogen-bond acceptors (Lipinski definition) is 0. The second-order valence-corrected chi connectivity index (χ2v) is 4.56. The van der Waals surface area contributed by atoms with Gasteiger partial charge in [0.2, 0.25) is 5.54 Å². The first-order chi connectivity index (χ1) is 6.24. The average molecular weight is 236 g/mol. The Balaban J connectivity index is 2.15. The van der Waals surface area contributed by atoms with Gasteiger partial charge >= 0.3 is 0 Å². The molecule has 1 saturated carbocycles. The highest BCUT2D eigenvalue weighted by atomic mass is 79.9. The van der Waals surface area contributed by atoms with E-state index in [0.29, 0.717) is 0 Å². The minimum absolute atomic E-state index is 0.0409. The Morgan fingerprint density at radius 1 is 1.46 bits per heavy atom. The van der Waals surface area contributed by atoms with Crippen molar-refractivity contribution in [2.45, 2.75) is 24.8 Å². The first kappa shape index (κ1) is 8.77. The van der Waals surface area contributed by atoms with Crippen LogP contribution in [0.4, 0.5) is 0 Å². The monoisotopic (exact) mass is 235 g/mol. The van der Waals surface area contributed by atoms with Gasteiger partial charge in [0.25, 0.3) is 0 Å². The van der Waals surface area contributed by atoms with Crippen LogP contribution in [0.15, 0.2) is 28.7 Å². The van der Waals surface area contributed by atoms with Gasteiger partial charge in [0.05, 0.1) is 6.42 Å². The molecule has 0 unspecified atom stereocenters. The van der Waals surface area contributed by atoms with E-state index in [9.17, 15) is 0 Å². The predicted molar refractivity (Wildman–Crippen MR) is 56.4 cm³/mol. The largest absolute Gasteiger partial charge is 0.310 e. The van der Waals surface area contributed by atoms with Crippen LogP contribution in [0.3, 0.4) is 0 Å². The topological polar surface area (TPSA) is 4.36 Å². The zero-order chi connectivity index (χ0) is 9.31. The van der Waals surface area contributed by atoms with Gasteiger partial charge in [-0.25, -0.2) is 6.57 Å². The van der Waals surface area contributed by atoms with Gasteiger partial charge in [0, 0.05) is 17.3 Å². The van der Waals surface area contributed by atoms with Crippen LogP contribution in [-0.4, -0.2) is 5.54 Å². The molecule has 0 spiro atoms. The standard InChI is InChI=1S/C11H10BrN/c1-13-11(5-6-11)8-9-3-2-4-10(12)7-9/h2-4,7H,5-6,8H2. The fourth-order valence-corrected chi connectivity index (χ4v) is 1.95. The van der Waals surface area contributed by atoms with Crippen LogP contribution in [0.2, 0.25) is 0 Å². The molecule has 0 bridgehead atoms.